The molecule has 0 bridgehead atoms. The molecule has 0 fully saturated rings. The van der Waals surface area contributed by atoms with Gasteiger partial charge in [0.25, 0.3) is 0 Å². The van der Waals surface area contributed by atoms with Crippen molar-refractivity contribution in [2.45, 2.75) is 39.7 Å². The van der Waals surface area contributed by atoms with Crippen LogP contribution in [0.3, 0.4) is 0 Å². The fraction of sp³-hybridized carbons (Fsp3) is 0.667. The minimum Gasteiger partial charge on any atom is -0.392 e. The highest BCUT2D eigenvalue weighted by Gasteiger charge is 2.12. The standard InChI is InChI=1S/C9H16N2O/c1-4-8-7(5-12)9(6(2)3)11-10-8/h6,12H,4-5H2,1-3H3,(H,10,11). The van der Waals surface area contributed by atoms with Crippen molar-refractivity contribution in [3.05, 3.63) is 17.0 Å². The van der Waals surface area contributed by atoms with E-state index in [1.54, 1.807) is 0 Å². The average molecular weight is 168 g/mol. The van der Waals surface area contributed by atoms with Crippen molar-refractivity contribution < 1.29 is 5.11 Å². The van der Waals surface area contributed by atoms with E-state index >= 15 is 0 Å². The summed E-state index contributed by atoms with van der Waals surface area (Å²) in [6.07, 6.45) is 0.898. The number of H-pyrrole nitrogens is 1. The number of aromatic amines is 1. The number of hydrogen-bond acceptors (Lipinski definition) is 2. The third kappa shape index (κ3) is 1.50. The van der Waals surface area contributed by atoms with Gasteiger partial charge >= 0.3 is 0 Å². The second-order valence-corrected chi connectivity index (χ2v) is 3.23. The summed E-state index contributed by atoms with van der Waals surface area (Å²) < 4.78 is 0. The molecule has 12 heavy (non-hydrogen) atoms. The SMILES string of the molecule is CCc1[nH]nc(C(C)C)c1CO. The van der Waals surface area contributed by atoms with Gasteiger partial charge < -0.3 is 5.11 Å². The zero-order chi connectivity index (χ0) is 9.14. The maximum atomic E-state index is 9.11. The van der Waals surface area contributed by atoms with E-state index in [1.807, 2.05) is 0 Å². The first-order chi connectivity index (χ1) is 5.70. The molecule has 0 aliphatic rings. The van der Waals surface area contributed by atoms with Crippen LogP contribution in [0.4, 0.5) is 0 Å². The van der Waals surface area contributed by atoms with Gasteiger partial charge in [-0.25, -0.2) is 0 Å². The minimum absolute atomic E-state index is 0.0905. The van der Waals surface area contributed by atoms with Crippen LogP contribution < -0.4 is 0 Å². The lowest BCUT2D eigenvalue weighted by Crippen LogP contribution is -1.95. The normalized spacial score (nSPS) is 11.1. The number of nitrogens with zero attached hydrogens (tertiary/aromatic N) is 1. The van der Waals surface area contributed by atoms with Crippen LogP contribution in [0.2, 0.25) is 0 Å². The number of aryl methyl sites for hydroxylation is 1. The lowest BCUT2D eigenvalue weighted by Gasteiger charge is -2.03. The molecule has 0 saturated heterocycles. The van der Waals surface area contributed by atoms with Crippen molar-refractivity contribution in [1.29, 1.82) is 0 Å². The molecular formula is C9H16N2O. The molecule has 0 atom stereocenters. The monoisotopic (exact) mass is 168 g/mol. The third-order valence-corrected chi connectivity index (χ3v) is 2.04. The van der Waals surface area contributed by atoms with Crippen LogP contribution in [-0.2, 0) is 13.0 Å². The largest absolute Gasteiger partial charge is 0.392 e. The van der Waals surface area contributed by atoms with Gasteiger partial charge in [-0.3, -0.25) is 5.10 Å². The smallest absolute Gasteiger partial charge is 0.0718 e. The third-order valence-electron chi connectivity index (χ3n) is 2.04. The van der Waals surface area contributed by atoms with Gasteiger partial charge in [-0.05, 0) is 12.3 Å². The van der Waals surface area contributed by atoms with E-state index < -0.39 is 0 Å². The van der Waals surface area contributed by atoms with Crippen LogP contribution in [0, 0.1) is 0 Å². The number of nitrogens with one attached hydrogen (secondary N) is 1. The molecular weight excluding hydrogens is 152 g/mol. The molecule has 1 aromatic rings. The number of aliphatic hydroxyl groups excluding tert-OH is 1. The second-order valence-electron chi connectivity index (χ2n) is 3.23. The molecule has 1 heterocycles. The maximum Gasteiger partial charge on any atom is 0.0718 e. The van der Waals surface area contributed by atoms with E-state index in [4.69, 9.17) is 5.11 Å². The molecule has 0 aliphatic heterocycles. The van der Waals surface area contributed by atoms with Gasteiger partial charge in [-0.15, -0.1) is 0 Å². The molecule has 0 aliphatic carbocycles. The zero-order valence-corrected chi connectivity index (χ0v) is 7.89. The summed E-state index contributed by atoms with van der Waals surface area (Å²) >= 11 is 0. The Morgan fingerprint density at radius 1 is 1.50 bits per heavy atom. The number of aliphatic hydroxyl groups is 1. The van der Waals surface area contributed by atoms with E-state index in [0.29, 0.717) is 5.92 Å². The van der Waals surface area contributed by atoms with E-state index in [-0.39, 0.29) is 6.61 Å². The summed E-state index contributed by atoms with van der Waals surface area (Å²) in [6, 6.07) is 0. The fourth-order valence-corrected chi connectivity index (χ4v) is 1.36. The molecule has 0 amide bonds. The Balaban J connectivity index is 3.05. The highest BCUT2D eigenvalue weighted by molar-refractivity contribution is 5.26. The Labute approximate surface area is 72.8 Å². The summed E-state index contributed by atoms with van der Waals surface area (Å²) in [7, 11) is 0. The summed E-state index contributed by atoms with van der Waals surface area (Å²) in [4.78, 5) is 0. The lowest BCUT2D eigenvalue weighted by molar-refractivity contribution is 0.279. The van der Waals surface area contributed by atoms with Gasteiger partial charge in [0.2, 0.25) is 0 Å². The van der Waals surface area contributed by atoms with Crippen LogP contribution in [-0.4, -0.2) is 15.3 Å². The molecule has 1 rings (SSSR count). The zero-order valence-electron chi connectivity index (χ0n) is 7.89. The molecule has 68 valence electrons. The number of rotatable bonds is 3. The predicted octanol–water partition coefficient (Wildman–Crippen LogP) is 1.59. The van der Waals surface area contributed by atoms with Crippen molar-refractivity contribution in [1.82, 2.24) is 10.2 Å². The molecule has 3 heteroatoms. The van der Waals surface area contributed by atoms with Gasteiger partial charge in [0.05, 0.1) is 12.3 Å². The Morgan fingerprint density at radius 3 is 2.58 bits per heavy atom. The quantitative estimate of drug-likeness (QED) is 0.720. The van der Waals surface area contributed by atoms with Crippen molar-refractivity contribution in [3.8, 4) is 0 Å². The molecule has 2 N–H and O–H groups in total. The number of aromatic nitrogens is 2. The van der Waals surface area contributed by atoms with Crippen LogP contribution in [0.15, 0.2) is 0 Å². The Hall–Kier alpha value is -0.830. The summed E-state index contributed by atoms with van der Waals surface area (Å²) in [5.41, 5.74) is 3.03. The minimum atomic E-state index is 0.0905. The first-order valence-corrected chi connectivity index (χ1v) is 4.37. The Bertz CT molecular complexity index is 253. The van der Waals surface area contributed by atoms with E-state index in [0.717, 1.165) is 23.4 Å². The van der Waals surface area contributed by atoms with Gasteiger partial charge in [0.15, 0.2) is 0 Å². The molecule has 1 aromatic heterocycles. The van der Waals surface area contributed by atoms with Crippen LogP contribution in [0.25, 0.3) is 0 Å². The molecule has 0 radical (unpaired) electrons. The molecule has 3 nitrogen and oxygen atoms in total. The topological polar surface area (TPSA) is 48.9 Å². The van der Waals surface area contributed by atoms with Gasteiger partial charge in [0, 0.05) is 11.3 Å². The summed E-state index contributed by atoms with van der Waals surface area (Å²) in [6.45, 7) is 6.30. The van der Waals surface area contributed by atoms with Crippen molar-refractivity contribution in [2.24, 2.45) is 0 Å². The fourth-order valence-electron chi connectivity index (χ4n) is 1.36. The van der Waals surface area contributed by atoms with Crippen molar-refractivity contribution in [3.63, 3.8) is 0 Å². The van der Waals surface area contributed by atoms with Gasteiger partial charge in [-0.2, -0.15) is 5.10 Å². The lowest BCUT2D eigenvalue weighted by atomic mass is 10.0. The highest BCUT2D eigenvalue weighted by Crippen LogP contribution is 2.19. The predicted molar refractivity (Wildman–Crippen MR) is 48.0 cm³/mol. The Morgan fingerprint density at radius 2 is 2.17 bits per heavy atom. The average Bonchev–Trinajstić information content (AvgIpc) is 2.46. The molecule has 0 saturated carbocycles. The highest BCUT2D eigenvalue weighted by atomic mass is 16.3. The van der Waals surface area contributed by atoms with Crippen molar-refractivity contribution >= 4 is 0 Å². The van der Waals surface area contributed by atoms with E-state index in [9.17, 15) is 0 Å². The summed E-state index contributed by atoms with van der Waals surface area (Å²) in [5, 5.41) is 16.2. The second kappa shape index (κ2) is 3.72. The van der Waals surface area contributed by atoms with E-state index in [1.165, 1.54) is 0 Å². The van der Waals surface area contributed by atoms with Gasteiger partial charge in [-0.1, -0.05) is 20.8 Å². The molecule has 0 aromatic carbocycles. The molecule has 0 unspecified atom stereocenters. The van der Waals surface area contributed by atoms with Gasteiger partial charge in [0.1, 0.15) is 0 Å². The van der Waals surface area contributed by atoms with E-state index in [2.05, 4.69) is 31.0 Å². The van der Waals surface area contributed by atoms with Crippen molar-refractivity contribution in [2.75, 3.05) is 0 Å². The maximum absolute atomic E-state index is 9.11. The first-order valence-electron chi connectivity index (χ1n) is 4.37. The van der Waals surface area contributed by atoms with Crippen LogP contribution >= 0.6 is 0 Å². The molecule has 0 spiro atoms. The van der Waals surface area contributed by atoms with Crippen LogP contribution in [0.5, 0.6) is 0 Å². The van der Waals surface area contributed by atoms with Crippen LogP contribution in [0.1, 0.15) is 43.6 Å². The summed E-state index contributed by atoms with van der Waals surface area (Å²) in [5.74, 6) is 0.378. The number of hydrogen-bond donors (Lipinski definition) is 2. The first kappa shape index (κ1) is 9.26. The Kier molecular flexibility index (Phi) is 2.87.